The van der Waals surface area contributed by atoms with Gasteiger partial charge in [0.25, 0.3) is 0 Å². The Morgan fingerprint density at radius 1 is 1.21 bits per heavy atom. The Morgan fingerprint density at radius 2 is 2.00 bits per heavy atom. The van der Waals surface area contributed by atoms with Crippen LogP contribution < -0.4 is 14.5 Å². The first-order chi connectivity index (χ1) is 13.8. The highest BCUT2D eigenvalue weighted by Gasteiger charge is 2.23. The Kier molecular flexibility index (Phi) is 6.59. The number of amides is 1. The van der Waals surface area contributed by atoms with Crippen molar-refractivity contribution in [3.8, 4) is 0 Å². The third-order valence-electron chi connectivity index (χ3n) is 5.28. The van der Waals surface area contributed by atoms with Gasteiger partial charge < -0.3 is 9.80 Å². The summed E-state index contributed by atoms with van der Waals surface area (Å²) in [6.45, 7) is 8.02. The van der Waals surface area contributed by atoms with Gasteiger partial charge in [0.2, 0.25) is 15.9 Å². The number of hydrogen-bond acceptors (Lipinski definition) is 4. The summed E-state index contributed by atoms with van der Waals surface area (Å²) in [5.41, 5.74) is 3.99. The van der Waals surface area contributed by atoms with E-state index in [4.69, 9.17) is 0 Å². The fraction of sp³-hybridized carbons (Fsp3) is 0.409. The predicted octanol–water partition coefficient (Wildman–Crippen LogP) is 3.10. The monoisotopic (exact) mass is 415 g/mol. The molecular weight excluding hydrogens is 386 g/mol. The molecule has 1 heterocycles. The number of hydrogen-bond donors (Lipinski definition) is 1. The Balaban J connectivity index is 1.69. The summed E-state index contributed by atoms with van der Waals surface area (Å²) in [7, 11) is -3.61. The molecule has 29 heavy (non-hydrogen) atoms. The lowest BCUT2D eigenvalue weighted by atomic mass is 10.0. The second kappa shape index (κ2) is 8.97. The minimum atomic E-state index is -3.61. The van der Waals surface area contributed by atoms with E-state index in [1.54, 1.807) is 23.1 Å². The third-order valence-corrected chi connectivity index (χ3v) is 6.74. The normalized spacial score (nSPS) is 13.8. The summed E-state index contributed by atoms with van der Waals surface area (Å²) in [6, 6.07) is 13.2. The summed E-state index contributed by atoms with van der Waals surface area (Å²) < 4.78 is 28.3. The molecule has 1 N–H and O–H groups in total. The molecule has 1 amide bonds. The molecule has 156 valence electrons. The second-order valence-corrected chi connectivity index (χ2v) is 9.15. The average Bonchev–Trinajstić information content (AvgIpc) is 2.70. The molecule has 0 radical (unpaired) electrons. The number of carbonyl (C=O) groups excluding carboxylic acids is 1. The highest BCUT2D eigenvalue weighted by molar-refractivity contribution is 7.89. The standard InChI is InChI=1S/C22H29N3O3S/c1-4-24(20-9-5-7-17(2)15-20)14-12-23-29(27,28)21-10-11-22-19(16-21)8-6-13-25(22)18(3)26/h5,7,9-11,15-16,23H,4,6,8,12-14H2,1-3H3. The zero-order chi connectivity index (χ0) is 21.0. The molecule has 3 rings (SSSR count). The van der Waals surface area contributed by atoms with E-state index in [0.29, 0.717) is 19.6 Å². The third kappa shape index (κ3) is 4.97. The number of nitrogens with zero attached hydrogens (tertiary/aromatic N) is 2. The van der Waals surface area contributed by atoms with Crippen molar-refractivity contribution in [1.82, 2.24) is 4.72 Å². The van der Waals surface area contributed by atoms with E-state index >= 15 is 0 Å². The first-order valence-corrected chi connectivity index (χ1v) is 11.5. The summed E-state index contributed by atoms with van der Waals surface area (Å²) in [6.07, 6.45) is 1.62. The van der Waals surface area contributed by atoms with Crippen LogP contribution in [-0.4, -0.2) is 40.5 Å². The largest absolute Gasteiger partial charge is 0.370 e. The van der Waals surface area contributed by atoms with Crippen LogP contribution in [0, 0.1) is 6.92 Å². The molecule has 0 bridgehead atoms. The smallest absolute Gasteiger partial charge is 0.240 e. The van der Waals surface area contributed by atoms with Crippen LogP contribution in [0.1, 0.15) is 31.4 Å². The van der Waals surface area contributed by atoms with Gasteiger partial charge >= 0.3 is 0 Å². The Labute approximate surface area is 173 Å². The minimum Gasteiger partial charge on any atom is -0.370 e. The molecular formula is C22H29N3O3S. The molecule has 2 aromatic carbocycles. The fourth-order valence-corrected chi connectivity index (χ4v) is 4.83. The van der Waals surface area contributed by atoms with E-state index in [1.807, 2.05) is 25.1 Å². The van der Waals surface area contributed by atoms with E-state index in [9.17, 15) is 13.2 Å². The average molecular weight is 416 g/mol. The van der Waals surface area contributed by atoms with Gasteiger partial charge in [-0.05, 0) is 68.1 Å². The van der Waals surface area contributed by atoms with Gasteiger partial charge in [-0.25, -0.2) is 13.1 Å². The van der Waals surface area contributed by atoms with E-state index in [-0.39, 0.29) is 10.8 Å². The van der Waals surface area contributed by atoms with Gasteiger partial charge in [0.15, 0.2) is 0 Å². The molecule has 0 unspecified atom stereocenters. The highest BCUT2D eigenvalue weighted by Crippen LogP contribution is 2.29. The first-order valence-electron chi connectivity index (χ1n) is 10.0. The number of aryl methyl sites for hydroxylation is 2. The summed E-state index contributed by atoms with van der Waals surface area (Å²) in [4.78, 5) is 15.9. The van der Waals surface area contributed by atoms with Crippen molar-refractivity contribution in [3.05, 3.63) is 53.6 Å². The fourth-order valence-electron chi connectivity index (χ4n) is 3.76. The SMILES string of the molecule is CCN(CCNS(=O)(=O)c1ccc2c(c1)CCCN2C(C)=O)c1cccc(C)c1. The number of nitrogens with one attached hydrogen (secondary N) is 1. The van der Waals surface area contributed by atoms with Gasteiger partial charge in [0.1, 0.15) is 0 Å². The topological polar surface area (TPSA) is 69.7 Å². The van der Waals surface area contributed by atoms with Crippen molar-refractivity contribution in [2.75, 3.05) is 36.0 Å². The van der Waals surface area contributed by atoms with Crippen LogP contribution in [-0.2, 0) is 21.2 Å². The first kappa shape index (κ1) is 21.3. The van der Waals surface area contributed by atoms with Crippen LogP contribution >= 0.6 is 0 Å². The molecule has 0 saturated heterocycles. The van der Waals surface area contributed by atoms with Crippen LogP contribution in [0.2, 0.25) is 0 Å². The Morgan fingerprint density at radius 3 is 2.69 bits per heavy atom. The van der Waals surface area contributed by atoms with Gasteiger partial charge in [0.05, 0.1) is 4.90 Å². The number of likely N-dealkylation sites (N-methyl/N-ethyl adjacent to an activating group) is 1. The van der Waals surface area contributed by atoms with Crippen LogP contribution in [0.15, 0.2) is 47.4 Å². The highest BCUT2D eigenvalue weighted by atomic mass is 32.2. The van der Waals surface area contributed by atoms with Crippen molar-refractivity contribution < 1.29 is 13.2 Å². The number of rotatable bonds is 7. The van der Waals surface area contributed by atoms with E-state index < -0.39 is 10.0 Å². The van der Waals surface area contributed by atoms with Crippen molar-refractivity contribution in [3.63, 3.8) is 0 Å². The van der Waals surface area contributed by atoms with Gasteiger partial charge in [0, 0.05) is 44.5 Å². The van der Waals surface area contributed by atoms with E-state index in [2.05, 4.69) is 22.6 Å². The van der Waals surface area contributed by atoms with Gasteiger partial charge in [-0.1, -0.05) is 12.1 Å². The molecule has 6 nitrogen and oxygen atoms in total. The molecule has 0 fully saturated rings. The number of sulfonamides is 1. The van der Waals surface area contributed by atoms with Crippen LogP contribution in [0.4, 0.5) is 11.4 Å². The lowest BCUT2D eigenvalue weighted by Crippen LogP contribution is -2.35. The van der Waals surface area contributed by atoms with Gasteiger partial charge in [-0.3, -0.25) is 4.79 Å². The zero-order valence-corrected chi connectivity index (χ0v) is 18.1. The van der Waals surface area contributed by atoms with Crippen LogP contribution in [0.25, 0.3) is 0 Å². The molecule has 0 atom stereocenters. The minimum absolute atomic E-state index is 0.0181. The number of fused-ring (bicyclic) bond motifs is 1. The number of benzene rings is 2. The molecule has 1 aliphatic heterocycles. The zero-order valence-electron chi connectivity index (χ0n) is 17.3. The molecule has 1 aliphatic rings. The number of anilines is 2. The summed E-state index contributed by atoms with van der Waals surface area (Å²) in [5, 5.41) is 0. The maximum Gasteiger partial charge on any atom is 0.240 e. The summed E-state index contributed by atoms with van der Waals surface area (Å²) in [5.74, 6) is -0.0181. The molecule has 2 aromatic rings. The van der Waals surface area contributed by atoms with Gasteiger partial charge in [-0.15, -0.1) is 0 Å². The van der Waals surface area contributed by atoms with Crippen molar-refractivity contribution in [2.24, 2.45) is 0 Å². The van der Waals surface area contributed by atoms with Crippen molar-refractivity contribution in [1.29, 1.82) is 0 Å². The lowest BCUT2D eigenvalue weighted by Gasteiger charge is -2.29. The van der Waals surface area contributed by atoms with E-state index in [1.165, 1.54) is 12.5 Å². The summed E-state index contributed by atoms with van der Waals surface area (Å²) >= 11 is 0. The van der Waals surface area contributed by atoms with E-state index in [0.717, 1.165) is 36.3 Å². The molecule has 0 aliphatic carbocycles. The quantitative estimate of drug-likeness (QED) is 0.754. The molecule has 0 saturated carbocycles. The van der Waals surface area contributed by atoms with Crippen LogP contribution in [0.5, 0.6) is 0 Å². The van der Waals surface area contributed by atoms with Crippen LogP contribution in [0.3, 0.4) is 0 Å². The second-order valence-electron chi connectivity index (χ2n) is 7.38. The van der Waals surface area contributed by atoms with Crippen molar-refractivity contribution in [2.45, 2.75) is 38.5 Å². The van der Waals surface area contributed by atoms with Crippen molar-refractivity contribution >= 4 is 27.3 Å². The number of carbonyl (C=O) groups is 1. The Bertz CT molecular complexity index is 989. The maximum absolute atomic E-state index is 12.8. The maximum atomic E-state index is 12.8. The van der Waals surface area contributed by atoms with Gasteiger partial charge in [-0.2, -0.15) is 0 Å². The lowest BCUT2D eigenvalue weighted by molar-refractivity contribution is -0.116. The molecule has 0 spiro atoms. The molecule has 0 aromatic heterocycles. The Hall–Kier alpha value is -2.38. The molecule has 7 heteroatoms. The predicted molar refractivity (Wildman–Crippen MR) is 117 cm³/mol.